The summed E-state index contributed by atoms with van der Waals surface area (Å²) >= 11 is 0. The molecule has 0 atom stereocenters. The van der Waals surface area contributed by atoms with Crippen molar-refractivity contribution in [3.8, 4) is 5.75 Å². The van der Waals surface area contributed by atoms with E-state index in [1.165, 1.54) is 25.1 Å². The molecule has 0 saturated heterocycles. The first-order valence-electron chi connectivity index (χ1n) is 6.87. The lowest BCUT2D eigenvalue weighted by Gasteiger charge is -2.08. The summed E-state index contributed by atoms with van der Waals surface area (Å²) in [6.07, 6.45) is 3.80. The Kier molecular flexibility index (Phi) is 3.81. The zero-order chi connectivity index (χ0) is 13.8. The van der Waals surface area contributed by atoms with Gasteiger partial charge in [-0.25, -0.2) is 9.37 Å². The lowest BCUT2D eigenvalue weighted by atomic mass is 10.2. The summed E-state index contributed by atoms with van der Waals surface area (Å²) in [5.41, 5.74) is 1.13. The fourth-order valence-corrected chi connectivity index (χ4v) is 1.88. The molecule has 3 rings (SSSR count). The summed E-state index contributed by atoms with van der Waals surface area (Å²) in [6, 6.07) is 11.0. The molecule has 1 aliphatic rings. The smallest absolute Gasteiger partial charge is 0.141 e. The van der Waals surface area contributed by atoms with Crippen LogP contribution in [0.4, 0.5) is 10.2 Å². The van der Waals surface area contributed by atoms with Crippen molar-refractivity contribution in [3.05, 3.63) is 54.0 Å². The first-order chi connectivity index (χ1) is 9.79. The van der Waals surface area contributed by atoms with E-state index in [1.54, 1.807) is 6.07 Å². The van der Waals surface area contributed by atoms with Crippen molar-refractivity contribution in [2.45, 2.75) is 19.4 Å². The molecule has 1 aliphatic carbocycles. The van der Waals surface area contributed by atoms with Crippen LogP contribution in [0.3, 0.4) is 0 Å². The lowest BCUT2D eigenvalue weighted by Crippen LogP contribution is -2.02. The van der Waals surface area contributed by atoms with E-state index in [9.17, 15) is 4.39 Å². The van der Waals surface area contributed by atoms with Gasteiger partial charge in [-0.3, -0.25) is 0 Å². The highest BCUT2D eigenvalue weighted by Gasteiger charge is 2.21. The van der Waals surface area contributed by atoms with Gasteiger partial charge < -0.3 is 10.1 Å². The molecule has 1 aromatic heterocycles. The Morgan fingerprint density at radius 1 is 1.15 bits per heavy atom. The molecule has 1 aromatic carbocycles. The first kappa shape index (κ1) is 12.9. The van der Waals surface area contributed by atoms with Gasteiger partial charge in [0.25, 0.3) is 0 Å². The highest BCUT2D eigenvalue weighted by molar-refractivity contribution is 5.36. The van der Waals surface area contributed by atoms with Crippen LogP contribution in [0, 0.1) is 11.7 Å². The van der Waals surface area contributed by atoms with E-state index in [0.29, 0.717) is 12.4 Å². The molecular weight excluding hydrogens is 255 g/mol. The Hall–Kier alpha value is -2.10. The zero-order valence-corrected chi connectivity index (χ0v) is 11.2. The molecule has 1 fully saturated rings. The summed E-state index contributed by atoms with van der Waals surface area (Å²) in [5, 5.41) is 3.15. The van der Waals surface area contributed by atoms with Gasteiger partial charge in [0, 0.05) is 6.54 Å². The van der Waals surface area contributed by atoms with E-state index in [-0.39, 0.29) is 5.82 Å². The summed E-state index contributed by atoms with van der Waals surface area (Å²) in [5.74, 6) is 2.02. The molecule has 4 heteroatoms. The Balaban J connectivity index is 1.50. The highest BCUT2D eigenvalue weighted by atomic mass is 19.1. The van der Waals surface area contributed by atoms with Crippen LogP contribution in [-0.4, -0.2) is 11.6 Å². The maximum Gasteiger partial charge on any atom is 0.141 e. The van der Waals surface area contributed by atoms with Crippen LogP contribution in [0.15, 0.2) is 42.6 Å². The van der Waals surface area contributed by atoms with Crippen molar-refractivity contribution < 1.29 is 9.13 Å². The predicted molar refractivity (Wildman–Crippen MR) is 76.2 cm³/mol. The molecule has 2 aromatic rings. The number of nitrogens with one attached hydrogen (secondary N) is 1. The van der Waals surface area contributed by atoms with Crippen molar-refractivity contribution in [1.29, 1.82) is 0 Å². The van der Waals surface area contributed by atoms with Gasteiger partial charge in [-0.2, -0.15) is 0 Å². The summed E-state index contributed by atoms with van der Waals surface area (Å²) in [6.45, 7) is 1.48. The highest BCUT2D eigenvalue weighted by Crippen LogP contribution is 2.29. The van der Waals surface area contributed by atoms with E-state index in [0.717, 1.165) is 23.8 Å². The number of hydrogen-bond acceptors (Lipinski definition) is 3. The third-order valence-electron chi connectivity index (χ3n) is 3.31. The quantitative estimate of drug-likeness (QED) is 0.872. The maximum atomic E-state index is 12.7. The van der Waals surface area contributed by atoms with Crippen LogP contribution in [0.25, 0.3) is 0 Å². The number of ether oxygens (including phenoxy) is 1. The molecule has 20 heavy (non-hydrogen) atoms. The van der Waals surface area contributed by atoms with Gasteiger partial charge in [0.1, 0.15) is 17.4 Å². The van der Waals surface area contributed by atoms with Gasteiger partial charge in [-0.05, 0) is 48.6 Å². The Bertz CT molecular complexity index is 550. The number of halogens is 1. The number of aromatic nitrogens is 1. The number of anilines is 1. The maximum absolute atomic E-state index is 12.7. The fourth-order valence-electron chi connectivity index (χ4n) is 1.88. The lowest BCUT2D eigenvalue weighted by molar-refractivity contribution is 0.299. The molecule has 0 spiro atoms. The summed E-state index contributed by atoms with van der Waals surface area (Å²) in [4.78, 5) is 3.96. The van der Waals surface area contributed by atoms with Gasteiger partial charge in [-0.1, -0.05) is 12.1 Å². The van der Waals surface area contributed by atoms with Crippen LogP contribution in [0.2, 0.25) is 0 Å². The molecule has 1 heterocycles. The van der Waals surface area contributed by atoms with Crippen molar-refractivity contribution in [2.24, 2.45) is 5.92 Å². The minimum absolute atomic E-state index is 0.326. The fraction of sp³-hybridized carbons (Fsp3) is 0.312. The monoisotopic (exact) mass is 272 g/mol. The third kappa shape index (κ3) is 3.70. The van der Waals surface area contributed by atoms with E-state index in [4.69, 9.17) is 4.74 Å². The molecule has 0 unspecified atom stereocenters. The minimum atomic E-state index is -0.326. The molecule has 0 bridgehead atoms. The van der Waals surface area contributed by atoms with Gasteiger partial charge in [0.2, 0.25) is 0 Å². The van der Waals surface area contributed by atoms with Gasteiger partial charge in [0.15, 0.2) is 0 Å². The Labute approximate surface area is 117 Å². The van der Waals surface area contributed by atoms with Crippen molar-refractivity contribution in [2.75, 3.05) is 11.9 Å². The summed E-state index contributed by atoms with van der Waals surface area (Å²) < 4.78 is 18.4. The van der Waals surface area contributed by atoms with Crippen molar-refractivity contribution in [3.63, 3.8) is 0 Å². The van der Waals surface area contributed by atoms with Gasteiger partial charge in [0.05, 0.1) is 12.8 Å². The third-order valence-corrected chi connectivity index (χ3v) is 3.31. The molecule has 0 aliphatic heterocycles. The van der Waals surface area contributed by atoms with E-state index < -0.39 is 0 Å². The molecule has 0 amide bonds. The Morgan fingerprint density at radius 2 is 1.95 bits per heavy atom. The molecule has 1 N–H and O–H groups in total. The average molecular weight is 272 g/mol. The molecular formula is C16H17FN2O. The zero-order valence-electron chi connectivity index (χ0n) is 11.2. The van der Waals surface area contributed by atoms with E-state index in [2.05, 4.69) is 10.3 Å². The van der Waals surface area contributed by atoms with E-state index >= 15 is 0 Å². The predicted octanol–water partition coefficient (Wildman–Crippen LogP) is 3.62. The molecule has 104 valence electrons. The van der Waals surface area contributed by atoms with Crippen LogP contribution in [0.5, 0.6) is 5.75 Å². The van der Waals surface area contributed by atoms with E-state index in [1.807, 2.05) is 24.3 Å². The van der Waals surface area contributed by atoms with Gasteiger partial charge >= 0.3 is 0 Å². The van der Waals surface area contributed by atoms with Crippen molar-refractivity contribution >= 4 is 5.82 Å². The second-order valence-corrected chi connectivity index (χ2v) is 5.11. The second kappa shape index (κ2) is 5.90. The topological polar surface area (TPSA) is 34.1 Å². The SMILES string of the molecule is Fc1ccc(NCc2ccc(OCC3CC3)cc2)nc1. The van der Waals surface area contributed by atoms with Gasteiger partial charge in [-0.15, -0.1) is 0 Å². The first-order valence-corrected chi connectivity index (χ1v) is 6.87. The van der Waals surface area contributed by atoms with Crippen LogP contribution < -0.4 is 10.1 Å². The normalized spacial score (nSPS) is 14.1. The van der Waals surface area contributed by atoms with Crippen LogP contribution in [0.1, 0.15) is 18.4 Å². The minimum Gasteiger partial charge on any atom is -0.493 e. The van der Waals surface area contributed by atoms with Crippen LogP contribution >= 0.6 is 0 Å². The standard InChI is InChI=1S/C16H17FN2O/c17-14-5-8-16(19-10-14)18-9-12-3-6-15(7-4-12)20-11-13-1-2-13/h3-8,10,13H,1-2,9,11H2,(H,18,19). The number of nitrogens with zero attached hydrogens (tertiary/aromatic N) is 1. The number of benzene rings is 1. The molecule has 3 nitrogen and oxygen atoms in total. The Morgan fingerprint density at radius 3 is 2.60 bits per heavy atom. The molecule has 0 radical (unpaired) electrons. The second-order valence-electron chi connectivity index (χ2n) is 5.11. The van der Waals surface area contributed by atoms with Crippen molar-refractivity contribution in [1.82, 2.24) is 4.98 Å². The number of pyridine rings is 1. The average Bonchev–Trinajstić information content (AvgIpc) is 3.30. The largest absolute Gasteiger partial charge is 0.493 e. The number of rotatable bonds is 6. The van der Waals surface area contributed by atoms with Crippen LogP contribution in [-0.2, 0) is 6.54 Å². The number of hydrogen-bond donors (Lipinski definition) is 1. The summed E-state index contributed by atoms with van der Waals surface area (Å²) in [7, 11) is 0. The molecule has 1 saturated carbocycles.